The maximum Gasteiger partial charge on any atom is 0.130 e. The number of para-hydroxylation sites is 1. The van der Waals surface area contributed by atoms with Gasteiger partial charge < -0.3 is 9.84 Å². The van der Waals surface area contributed by atoms with Crippen LogP contribution in [0.5, 0.6) is 5.75 Å². The third kappa shape index (κ3) is 2.75. The largest absolute Gasteiger partial charge is 0.507 e. The van der Waals surface area contributed by atoms with Crippen molar-refractivity contribution in [2.24, 2.45) is 0 Å². The molecule has 1 aliphatic heterocycles. The van der Waals surface area contributed by atoms with Gasteiger partial charge in [-0.1, -0.05) is 42.5 Å². The van der Waals surface area contributed by atoms with Crippen LogP contribution in [-0.2, 0) is 4.79 Å². The Bertz CT molecular complexity index is 716. The number of benzene rings is 2. The maximum absolute atomic E-state index is 11.7. The molecule has 3 nitrogen and oxygen atoms in total. The Morgan fingerprint density at radius 1 is 1.14 bits per heavy atom. The number of carbonyl (C=O) groups excluding carboxylic acids is 1. The van der Waals surface area contributed by atoms with Crippen LogP contribution in [0.2, 0.25) is 0 Å². The zero-order chi connectivity index (χ0) is 15.5. The van der Waals surface area contributed by atoms with Crippen molar-refractivity contribution in [2.45, 2.75) is 19.3 Å². The first-order valence-electron chi connectivity index (χ1n) is 7.35. The highest BCUT2D eigenvalue weighted by atomic mass is 16.5. The Balaban J connectivity index is 2.07. The molecule has 0 radical (unpaired) electrons. The summed E-state index contributed by atoms with van der Waals surface area (Å²) in [5, 5.41) is 10.7. The first-order valence-corrected chi connectivity index (χ1v) is 7.35. The predicted octanol–water partition coefficient (Wildman–Crippen LogP) is 4.11. The quantitative estimate of drug-likeness (QED) is 0.923. The van der Waals surface area contributed by atoms with Crippen LogP contribution in [0.4, 0.5) is 0 Å². The van der Waals surface area contributed by atoms with Crippen molar-refractivity contribution in [3.63, 3.8) is 0 Å². The van der Waals surface area contributed by atoms with E-state index in [9.17, 15) is 9.90 Å². The first-order chi connectivity index (χ1) is 10.7. The Morgan fingerprint density at radius 2 is 1.82 bits per heavy atom. The third-order valence-corrected chi connectivity index (χ3v) is 3.94. The molecule has 0 saturated carbocycles. The summed E-state index contributed by atoms with van der Waals surface area (Å²) < 4.78 is 5.76. The van der Waals surface area contributed by atoms with Gasteiger partial charge in [-0.3, -0.25) is 4.79 Å². The van der Waals surface area contributed by atoms with E-state index < -0.39 is 0 Å². The fourth-order valence-electron chi connectivity index (χ4n) is 2.87. The fourth-order valence-corrected chi connectivity index (χ4v) is 2.87. The van der Waals surface area contributed by atoms with Gasteiger partial charge in [-0.25, -0.2) is 0 Å². The number of hydrogen-bond acceptors (Lipinski definition) is 3. The highest BCUT2D eigenvalue weighted by Crippen LogP contribution is 2.38. The first kappa shape index (κ1) is 14.4. The lowest BCUT2D eigenvalue weighted by atomic mass is 9.84. The molecule has 1 aliphatic rings. The molecular weight excluding hydrogens is 276 g/mol. The summed E-state index contributed by atoms with van der Waals surface area (Å²) in [6, 6.07) is 17.2. The Kier molecular flexibility index (Phi) is 3.96. The molecule has 0 aromatic heterocycles. The normalized spacial score (nSPS) is 15.0. The molecule has 2 aromatic rings. The lowest BCUT2D eigenvalue weighted by Gasteiger charge is -2.26. The minimum Gasteiger partial charge on any atom is -0.507 e. The molecule has 0 spiro atoms. The summed E-state index contributed by atoms with van der Waals surface area (Å²) >= 11 is 0. The molecule has 0 fully saturated rings. The third-order valence-electron chi connectivity index (χ3n) is 3.94. The van der Waals surface area contributed by atoms with Gasteiger partial charge >= 0.3 is 0 Å². The minimum absolute atomic E-state index is 0.0908. The van der Waals surface area contributed by atoms with Gasteiger partial charge in [-0.2, -0.15) is 0 Å². The summed E-state index contributed by atoms with van der Waals surface area (Å²) in [5.41, 5.74) is 2.47. The average molecular weight is 294 g/mol. The van der Waals surface area contributed by atoms with Crippen molar-refractivity contribution < 1.29 is 14.6 Å². The van der Waals surface area contributed by atoms with Crippen molar-refractivity contribution in [3.05, 3.63) is 71.3 Å². The number of Topliss-reactive ketones (excluding diaryl/α,β-unsaturated/α-hetero) is 1. The average Bonchev–Trinajstić information content (AvgIpc) is 2.54. The zero-order valence-electron chi connectivity index (χ0n) is 12.5. The van der Waals surface area contributed by atoms with Gasteiger partial charge in [0.15, 0.2) is 0 Å². The molecule has 112 valence electrons. The van der Waals surface area contributed by atoms with E-state index in [2.05, 4.69) is 0 Å². The molecule has 1 N–H and O–H groups in total. The monoisotopic (exact) mass is 294 g/mol. The molecule has 0 amide bonds. The van der Waals surface area contributed by atoms with Crippen LogP contribution in [0.1, 0.15) is 30.4 Å². The van der Waals surface area contributed by atoms with E-state index >= 15 is 0 Å². The van der Waals surface area contributed by atoms with Gasteiger partial charge in [0.2, 0.25) is 0 Å². The van der Waals surface area contributed by atoms with E-state index in [0.717, 1.165) is 11.1 Å². The van der Waals surface area contributed by atoms with Crippen LogP contribution in [0, 0.1) is 0 Å². The summed E-state index contributed by atoms with van der Waals surface area (Å²) in [7, 11) is 0. The second kappa shape index (κ2) is 6.06. The van der Waals surface area contributed by atoms with E-state index in [1.165, 1.54) is 0 Å². The molecule has 0 saturated heterocycles. The van der Waals surface area contributed by atoms with Gasteiger partial charge in [-0.05, 0) is 24.6 Å². The summed E-state index contributed by atoms with van der Waals surface area (Å²) in [5.74, 6) is 0.843. The molecule has 1 atom stereocenters. The molecular formula is C19H18O3. The minimum atomic E-state index is -0.160. The van der Waals surface area contributed by atoms with Crippen LogP contribution >= 0.6 is 0 Å². The lowest BCUT2D eigenvalue weighted by Crippen LogP contribution is -2.19. The second-order valence-electron chi connectivity index (χ2n) is 5.53. The number of carbonyl (C=O) groups is 1. The second-order valence-corrected chi connectivity index (χ2v) is 5.53. The topological polar surface area (TPSA) is 46.5 Å². The number of ether oxygens (including phenoxy) is 1. The molecule has 0 bridgehead atoms. The number of aliphatic hydroxyl groups excluding tert-OH is 1. The van der Waals surface area contributed by atoms with Gasteiger partial charge in [0, 0.05) is 17.9 Å². The van der Waals surface area contributed by atoms with Crippen molar-refractivity contribution in [2.75, 3.05) is 6.61 Å². The molecule has 2 aromatic carbocycles. The van der Waals surface area contributed by atoms with Crippen LogP contribution in [0.3, 0.4) is 0 Å². The molecule has 0 unspecified atom stereocenters. The highest BCUT2D eigenvalue weighted by molar-refractivity contribution is 5.79. The van der Waals surface area contributed by atoms with Crippen LogP contribution in [0.25, 0.3) is 5.76 Å². The summed E-state index contributed by atoms with van der Waals surface area (Å²) in [4.78, 5) is 11.7. The summed E-state index contributed by atoms with van der Waals surface area (Å²) in [6.07, 6.45) is 0.356. The van der Waals surface area contributed by atoms with Crippen molar-refractivity contribution in [1.29, 1.82) is 0 Å². The van der Waals surface area contributed by atoms with Crippen molar-refractivity contribution in [3.8, 4) is 5.75 Å². The Hall–Kier alpha value is -2.55. The summed E-state index contributed by atoms with van der Waals surface area (Å²) in [6.45, 7) is 1.88. The van der Waals surface area contributed by atoms with Crippen molar-refractivity contribution in [1.82, 2.24) is 0 Å². The maximum atomic E-state index is 11.7. The number of hydrogen-bond donors (Lipinski definition) is 1. The fraction of sp³-hybridized carbons (Fsp3) is 0.211. The van der Waals surface area contributed by atoms with Crippen LogP contribution < -0.4 is 4.74 Å². The SMILES string of the molecule is CC(=O)C[C@H](C1=C(O)c2ccccc2OC1)c1ccccc1. The predicted molar refractivity (Wildman–Crippen MR) is 86.0 cm³/mol. The Labute approximate surface area is 129 Å². The van der Waals surface area contributed by atoms with Gasteiger partial charge in [0.05, 0.1) is 5.56 Å². The lowest BCUT2D eigenvalue weighted by molar-refractivity contribution is -0.117. The van der Waals surface area contributed by atoms with Gasteiger partial charge in [0.25, 0.3) is 0 Å². The Morgan fingerprint density at radius 3 is 2.55 bits per heavy atom. The van der Waals surface area contributed by atoms with E-state index in [0.29, 0.717) is 24.3 Å². The molecule has 0 aliphatic carbocycles. The zero-order valence-corrected chi connectivity index (χ0v) is 12.5. The van der Waals surface area contributed by atoms with Gasteiger partial charge in [-0.15, -0.1) is 0 Å². The number of aliphatic hydroxyl groups is 1. The highest BCUT2D eigenvalue weighted by Gasteiger charge is 2.27. The van der Waals surface area contributed by atoms with Gasteiger partial charge in [0.1, 0.15) is 23.9 Å². The van der Waals surface area contributed by atoms with E-state index in [4.69, 9.17) is 4.74 Å². The van der Waals surface area contributed by atoms with Crippen LogP contribution in [0.15, 0.2) is 60.2 Å². The van der Waals surface area contributed by atoms with Crippen LogP contribution in [-0.4, -0.2) is 17.5 Å². The molecule has 3 heteroatoms. The van der Waals surface area contributed by atoms with E-state index in [-0.39, 0.29) is 17.5 Å². The smallest absolute Gasteiger partial charge is 0.130 e. The van der Waals surface area contributed by atoms with Crippen molar-refractivity contribution >= 4 is 11.5 Å². The molecule has 1 heterocycles. The molecule has 22 heavy (non-hydrogen) atoms. The standard InChI is InChI=1S/C19H18O3/c1-13(20)11-16(14-7-3-2-4-8-14)17-12-22-18-10-6-5-9-15(18)19(17)21/h2-10,16,21H,11-12H2,1H3/t16-/m0/s1. The number of fused-ring (bicyclic) bond motifs is 1. The number of ketones is 1. The molecule has 3 rings (SSSR count). The van der Waals surface area contributed by atoms with E-state index in [1.807, 2.05) is 54.6 Å². The van der Waals surface area contributed by atoms with E-state index in [1.54, 1.807) is 6.92 Å². The number of rotatable bonds is 4.